The number of aliphatic carboxylic acids is 1. The molecule has 0 radical (unpaired) electrons. The molecule has 4 heteroatoms. The number of carbonyl (C=O) groups is 1. The van der Waals surface area contributed by atoms with Gasteiger partial charge in [-0.3, -0.25) is 9.69 Å². The Balaban J connectivity index is 2.41. The molecule has 1 heterocycles. The summed E-state index contributed by atoms with van der Waals surface area (Å²) in [5.74, 6) is -0.788. The molecule has 0 amide bonds. The molecule has 0 aliphatic heterocycles. The molecule has 114 valence electrons. The van der Waals surface area contributed by atoms with Crippen molar-refractivity contribution in [1.29, 1.82) is 0 Å². The van der Waals surface area contributed by atoms with Crippen LogP contribution in [0.25, 0.3) is 10.9 Å². The fourth-order valence-electron chi connectivity index (χ4n) is 2.76. The van der Waals surface area contributed by atoms with Crippen LogP contribution in [-0.4, -0.2) is 32.6 Å². The van der Waals surface area contributed by atoms with E-state index in [1.807, 2.05) is 24.0 Å². The highest BCUT2D eigenvalue weighted by Crippen LogP contribution is 2.25. The monoisotopic (exact) mass is 288 g/mol. The molecule has 0 spiro atoms. The van der Waals surface area contributed by atoms with Crippen molar-refractivity contribution < 1.29 is 9.90 Å². The SMILES string of the molecule is CCN(Cc1cn(CC)c2ccccc12)C(C)(C)C(=O)O. The first-order chi connectivity index (χ1) is 9.91. The first kappa shape index (κ1) is 15.6. The minimum Gasteiger partial charge on any atom is -0.480 e. The van der Waals surface area contributed by atoms with Gasteiger partial charge in [-0.2, -0.15) is 0 Å². The molecule has 0 unspecified atom stereocenters. The first-order valence-electron chi connectivity index (χ1n) is 7.47. The van der Waals surface area contributed by atoms with E-state index in [2.05, 4.69) is 29.8 Å². The van der Waals surface area contributed by atoms with Gasteiger partial charge < -0.3 is 9.67 Å². The third kappa shape index (κ3) is 2.81. The number of likely N-dealkylation sites (N-methyl/N-ethyl adjacent to an activating group) is 1. The maximum Gasteiger partial charge on any atom is 0.323 e. The third-order valence-corrected chi connectivity index (χ3v) is 4.27. The zero-order valence-corrected chi connectivity index (χ0v) is 13.3. The molecule has 0 bridgehead atoms. The topological polar surface area (TPSA) is 45.5 Å². The lowest BCUT2D eigenvalue weighted by atomic mass is 10.0. The standard InChI is InChI=1S/C17H24N2O2/c1-5-18-11-13(14-9-7-8-10-15(14)18)12-19(6-2)17(3,4)16(20)21/h7-11H,5-6,12H2,1-4H3,(H,20,21). The molecule has 0 fully saturated rings. The van der Waals surface area contributed by atoms with Gasteiger partial charge in [-0.05, 0) is 38.9 Å². The highest BCUT2D eigenvalue weighted by molar-refractivity contribution is 5.84. The molecule has 0 saturated carbocycles. The maximum absolute atomic E-state index is 11.5. The Kier molecular flexibility index (Phi) is 4.37. The van der Waals surface area contributed by atoms with Crippen molar-refractivity contribution in [2.24, 2.45) is 0 Å². The van der Waals surface area contributed by atoms with E-state index in [9.17, 15) is 9.90 Å². The second-order valence-corrected chi connectivity index (χ2v) is 5.84. The zero-order chi connectivity index (χ0) is 15.6. The number of fused-ring (bicyclic) bond motifs is 1. The van der Waals surface area contributed by atoms with E-state index in [1.54, 1.807) is 13.8 Å². The van der Waals surface area contributed by atoms with Gasteiger partial charge in [0.2, 0.25) is 0 Å². The first-order valence-corrected chi connectivity index (χ1v) is 7.47. The van der Waals surface area contributed by atoms with Gasteiger partial charge in [-0.25, -0.2) is 0 Å². The summed E-state index contributed by atoms with van der Waals surface area (Å²) in [6.45, 7) is 9.90. The fourth-order valence-corrected chi connectivity index (χ4v) is 2.76. The van der Waals surface area contributed by atoms with Crippen LogP contribution in [0.5, 0.6) is 0 Å². The normalized spacial score (nSPS) is 12.2. The number of nitrogens with zero attached hydrogens (tertiary/aromatic N) is 2. The number of hydrogen-bond acceptors (Lipinski definition) is 2. The van der Waals surface area contributed by atoms with Crippen LogP contribution in [0.2, 0.25) is 0 Å². The minimum atomic E-state index is -0.871. The summed E-state index contributed by atoms with van der Waals surface area (Å²) in [5, 5.41) is 10.6. The Bertz CT molecular complexity index is 643. The van der Waals surface area contributed by atoms with Gasteiger partial charge in [-0.15, -0.1) is 0 Å². The molecule has 0 atom stereocenters. The zero-order valence-electron chi connectivity index (χ0n) is 13.3. The molecule has 1 aromatic carbocycles. The van der Waals surface area contributed by atoms with Crippen LogP contribution in [0.4, 0.5) is 0 Å². The number of benzene rings is 1. The van der Waals surface area contributed by atoms with E-state index in [0.717, 1.165) is 6.54 Å². The van der Waals surface area contributed by atoms with Crippen LogP contribution in [-0.2, 0) is 17.9 Å². The van der Waals surface area contributed by atoms with Crippen LogP contribution in [0.1, 0.15) is 33.3 Å². The summed E-state index contributed by atoms with van der Waals surface area (Å²) in [7, 11) is 0. The number of aromatic nitrogens is 1. The Hall–Kier alpha value is -1.81. The average Bonchev–Trinajstić information content (AvgIpc) is 2.82. The molecule has 1 aromatic heterocycles. The Morgan fingerprint density at radius 2 is 1.95 bits per heavy atom. The number of rotatable bonds is 6. The molecule has 2 aromatic rings. The van der Waals surface area contributed by atoms with Crippen LogP contribution >= 0.6 is 0 Å². The number of hydrogen-bond donors (Lipinski definition) is 1. The minimum absolute atomic E-state index is 0.642. The molecule has 0 aliphatic carbocycles. The highest BCUT2D eigenvalue weighted by Gasteiger charge is 2.33. The van der Waals surface area contributed by atoms with Gasteiger partial charge in [0.25, 0.3) is 0 Å². The fraction of sp³-hybridized carbons (Fsp3) is 0.471. The summed E-state index contributed by atoms with van der Waals surface area (Å²) >= 11 is 0. The predicted molar refractivity (Wildman–Crippen MR) is 85.4 cm³/mol. The molecule has 1 N–H and O–H groups in total. The molecular weight excluding hydrogens is 264 g/mol. The summed E-state index contributed by atoms with van der Waals surface area (Å²) in [6, 6.07) is 8.29. The van der Waals surface area contributed by atoms with E-state index in [4.69, 9.17) is 0 Å². The Morgan fingerprint density at radius 3 is 2.52 bits per heavy atom. The van der Waals surface area contributed by atoms with Crippen LogP contribution in [0.3, 0.4) is 0 Å². The van der Waals surface area contributed by atoms with Crippen molar-refractivity contribution in [2.45, 2.75) is 46.3 Å². The lowest BCUT2D eigenvalue weighted by molar-refractivity contribution is -0.149. The van der Waals surface area contributed by atoms with E-state index in [-0.39, 0.29) is 0 Å². The van der Waals surface area contributed by atoms with Gasteiger partial charge in [-0.1, -0.05) is 25.1 Å². The van der Waals surface area contributed by atoms with Crippen LogP contribution in [0, 0.1) is 0 Å². The van der Waals surface area contributed by atoms with Gasteiger partial charge in [0, 0.05) is 30.2 Å². The number of carboxylic acids is 1. The van der Waals surface area contributed by atoms with Crippen molar-refractivity contribution in [3.63, 3.8) is 0 Å². The van der Waals surface area contributed by atoms with Crippen molar-refractivity contribution in [3.8, 4) is 0 Å². The average molecular weight is 288 g/mol. The van der Waals surface area contributed by atoms with Gasteiger partial charge in [0.1, 0.15) is 5.54 Å². The van der Waals surface area contributed by atoms with Gasteiger partial charge in [0.15, 0.2) is 0 Å². The molecule has 0 saturated heterocycles. The second kappa shape index (κ2) is 5.90. The highest BCUT2D eigenvalue weighted by atomic mass is 16.4. The van der Waals surface area contributed by atoms with Gasteiger partial charge in [0.05, 0.1) is 0 Å². The van der Waals surface area contributed by atoms with E-state index in [0.29, 0.717) is 13.1 Å². The number of carboxylic acid groups (broad SMARTS) is 1. The molecule has 4 nitrogen and oxygen atoms in total. The van der Waals surface area contributed by atoms with Crippen molar-refractivity contribution in [3.05, 3.63) is 36.0 Å². The lowest BCUT2D eigenvalue weighted by Gasteiger charge is -2.34. The van der Waals surface area contributed by atoms with Crippen LogP contribution < -0.4 is 0 Å². The molecular formula is C17H24N2O2. The van der Waals surface area contributed by atoms with E-state index < -0.39 is 11.5 Å². The van der Waals surface area contributed by atoms with E-state index >= 15 is 0 Å². The quantitative estimate of drug-likeness (QED) is 0.886. The van der Waals surface area contributed by atoms with Crippen molar-refractivity contribution in [1.82, 2.24) is 9.47 Å². The summed E-state index contributed by atoms with van der Waals surface area (Å²) in [5.41, 5.74) is 1.52. The predicted octanol–water partition coefficient (Wildman–Crippen LogP) is 3.35. The Morgan fingerprint density at radius 1 is 1.29 bits per heavy atom. The van der Waals surface area contributed by atoms with Crippen molar-refractivity contribution >= 4 is 16.9 Å². The summed E-state index contributed by atoms with van der Waals surface area (Å²) in [6.07, 6.45) is 2.14. The number of para-hydroxylation sites is 1. The summed E-state index contributed by atoms with van der Waals surface area (Å²) < 4.78 is 2.21. The number of aryl methyl sites for hydroxylation is 1. The van der Waals surface area contributed by atoms with Crippen molar-refractivity contribution in [2.75, 3.05) is 6.54 Å². The van der Waals surface area contributed by atoms with E-state index in [1.165, 1.54) is 16.5 Å². The second-order valence-electron chi connectivity index (χ2n) is 5.84. The molecule has 0 aliphatic rings. The third-order valence-electron chi connectivity index (χ3n) is 4.27. The maximum atomic E-state index is 11.5. The smallest absolute Gasteiger partial charge is 0.323 e. The summed E-state index contributed by atoms with van der Waals surface area (Å²) in [4.78, 5) is 13.5. The lowest BCUT2D eigenvalue weighted by Crippen LogP contribution is -2.49. The van der Waals surface area contributed by atoms with Gasteiger partial charge >= 0.3 is 5.97 Å². The Labute approximate surface area is 126 Å². The van der Waals surface area contributed by atoms with Crippen LogP contribution in [0.15, 0.2) is 30.5 Å². The molecule has 21 heavy (non-hydrogen) atoms. The largest absolute Gasteiger partial charge is 0.480 e. The molecule has 2 rings (SSSR count).